The number of ether oxygens (including phenoxy) is 1. The number of rotatable bonds is 12. The Hall–Kier alpha value is -1.54. The number of fused-ring (bicyclic) bond motifs is 1. The van der Waals surface area contributed by atoms with Crippen LogP contribution >= 0.6 is 11.6 Å². The van der Waals surface area contributed by atoms with Crippen molar-refractivity contribution in [3.63, 3.8) is 0 Å². The largest absolute Gasteiger partial charge is 0.468 e. The van der Waals surface area contributed by atoms with Crippen molar-refractivity contribution < 1.29 is 9.53 Å². The molecule has 28 heavy (non-hydrogen) atoms. The van der Waals surface area contributed by atoms with Crippen molar-refractivity contribution in [3.8, 4) is 0 Å². The van der Waals surface area contributed by atoms with Gasteiger partial charge in [-0.25, -0.2) is 0 Å². The quantitative estimate of drug-likeness (QED) is 0.204. The van der Waals surface area contributed by atoms with E-state index in [0.717, 1.165) is 22.8 Å². The molecule has 0 saturated carbocycles. The van der Waals surface area contributed by atoms with E-state index >= 15 is 0 Å². The third-order valence-corrected chi connectivity index (χ3v) is 6.08. The van der Waals surface area contributed by atoms with Gasteiger partial charge in [0.1, 0.15) is 0 Å². The maximum absolute atomic E-state index is 12.2. The van der Waals surface area contributed by atoms with Crippen LogP contribution in [0.15, 0.2) is 36.4 Å². The third-order valence-electron chi connectivity index (χ3n) is 5.69. The van der Waals surface area contributed by atoms with E-state index in [1.165, 1.54) is 64.0 Å². The minimum absolute atomic E-state index is 0.366. The average molecular weight is 403 g/mol. The van der Waals surface area contributed by atoms with Crippen LogP contribution in [-0.2, 0) is 9.53 Å². The molecule has 2 aromatic carbocycles. The number of esters is 1. The van der Waals surface area contributed by atoms with Crippen LogP contribution in [0.2, 0.25) is 0 Å². The molecule has 0 amide bonds. The Morgan fingerprint density at radius 3 is 2.29 bits per heavy atom. The Labute approximate surface area is 175 Å². The summed E-state index contributed by atoms with van der Waals surface area (Å²) in [6, 6.07) is 12.4. The van der Waals surface area contributed by atoms with Gasteiger partial charge in [-0.05, 0) is 34.2 Å². The second-order valence-corrected chi connectivity index (χ2v) is 8.28. The smallest absolute Gasteiger partial charge is 0.328 e. The van der Waals surface area contributed by atoms with E-state index in [-0.39, 0.29) is 0 Å². The summed E-state index contributed by atoms with van der Waals surface area (Å²) in [7, 11) is 1.40. The first-order valence-electron chi connectivity index (χ1n) is 10.8. The molecule has 0 fully saturated rings. The van der Waals surface area contributed by atoms with Crippen molar-refractivity contribution >= 4 is 28.3 Å². The molecule has 3 heteroatoms. The summed E-state index contributed by atoms with van der Waals surface area (Å²) in [6.45, 7) is 4.50. The number of unbranched alkanes of at least 4 members (excludes halogenated alkanes) is 7. The highest BCUT2D eigenvalue weighted by Crippen LogP contribution is 2.37. The Morgan fingerprint density at radius 2 is 1.61 bits per heavy atom. The monoisotopic (exact) mass is 402 g/mol. The molecule has 0 N–H and O–H groups in total. The van der Waals surface area contributed by atoms with Gasteiger partial charge in [0.25, 0.3) is 0 Å². The van der Waals surface area contributed by atoms with Crippen molar-refractivity contribution in [2.45, 2.75) is 82.9 Å². The summed E-state index contributed by atoms with van der Waals surface area (Å²) < 4.78 is 4.93. The summed E-state index contributed by atoms with van der Waals surface area (Å²) >= 11 is 6.55. The van der Waals surface area contributed by atoms with Gasteiger partial charge in [0.05, 0.1) is 7.11 Å². The lowest BCUT2D eigenvalue weighted by atomic mass is 9.86. The maximum Gasteiger partial charge on any atom is 0.328 e. The standard InChI is InChI=1S/C25H35ClO2/c1-4-5-6-7-8-9-10-11-14-19(2)21-18-17-20-15-12-13-16-22(20)23(21)24(26)25(27)28-3/h12-13,15-19,24H,4-11,14H2,1-3H3. The number of benzene rings is 2. The van der Waals surface area contributed by atoms with Crippen molar-refractivity contribution in [2.75, 3.05) is 7.11 Å². The topological polar surface area (TPSA) is 26.3 Å². The van der Waals surface area contributed by atoms with Gasteiger partial charge in [0.15, 0.2) is 5.38 Å². The van der Waals surface area contributed by atoms with Crippen molar-refractivity contribution in [2.24, 2.45) is 0 Å². The fourth-order valence-electron chi connectivity index (χ4n) is 3.99. The molecule has 0 bridgehead atoms. The zero-order valence-electron chi connectivity index (χ0n) is 17.7. The lowest BCUT2D eigenvalue weighted by Gasteiger charge is -2.21. The zero-order chi connectivity index (χ0) is 20.4. The second kappa shape index (κ2) is 12.1. The highest BCUT2D eigenvalue weighted by atomic mass is 35.5. The molecule has 0 aliphatic rings. The van der Waals surface area contributed by atoms with Gasteiger partial charge in [0, 0.05) is 0 Å². The van der Waals surface area contributed by atoms with Gasteiger partial charge >= 0.3 is 5.97 Å². The van der Waals surface area contributed by atoms with E-state index in [1.807, 2.05) is 12.1 Å². The summed E-state index contributed by atoms with van der Waals surface area (Å²) in [5, 5.41) is 1.38. The Kier molecular flexibility index (Phi) is 9.84. The number of hydrogen-bond acceptors (Lipinski definition) is 2. The molecule has 2 rings (SSSR count). The number of carbonyl (C=O) groups excluding carboxylic acids is 1. The Bertz CT molecular complexity index is 740. The molecular weight excluding hydrogens is 368 g/mol. The average Bonchev–Trinajstić information content (AvgIpc) is 2.73. The SMILES string of the molecule is CCCCCCCCCCC(C)c1ccc2ccccc2c1C(Cl)C(=O)OC. The first kappa shape index (κ1) is 22.7. The van der Waals surface area contributed by atoms with Gasteiger partial charge in [-0.3, -0.25) is 4.79 Å². The molecule has 2 nitrogen and oxygen atoms in total. The van der Waals surface area contributed by atoms with Crippen molar-refractivity contribution in [1.29, 1.82) is 0 Å². The van der Waals surface area contributed by atoms with E-state index in [2.05, 4.69) is 38.1 Å². The highest BCUT2D eigenvalue weighted by Gasteiger charge is 2.25. The highest BCUT2D eigenvalue weighted by molar-refractivity contribution is 6.31. The Morgan fingerprint density at radius 1 is 0.964 bits per heavy atom. The lowest BCUT2D eigenvalue weighted by molar-refractivity contribution is -0.140. The van der Waals surface area contributed by atoms with Crippen LogP contribution in [0.25, 0.3) is 10.8 Å². The predicted molar refractivity (Wildman–Crippen MR) is 120 cm³/mol. The maximum atomic E-state index is 12.2. The number of alkyl halides is 1. The molecule has 0 spiro atoms. The van der Waals surface area contributed by atoms with Crippen molar-refractivity contribution in [1.82, 2.24) is 0 Å². The second-order valence-electron chi connectivity index (χ2n) is 7.84. The van der Waals surface area contributed by atoms with Crippen LogP contribution in [0.3, 0.4) is 0 Å². The predicted octanol–water partition coefficient (Wildman–Crippen LogP) is 7.93. The summed E-state index contributed by atoms with van der Waals surface area (Å²) in [5.74, 6) is -0.0239. The number of halogens is 1. The van der Waals surface area contributed by atoms with Crippen molar-refractivity contribution in [3.05, 3.63) is 47.5 Å². The molecule has 0 saturated heterocycles. The van der Waals surface area contributed by atoms with Gasteiger partial charge < -0.3 is 4.74 Å². The molecule has 2 atom stereocenters. The zero-order valence-corrected chi connectivity index (χ0v) is 18.4. The van der Waals surface area contributed by atoms with E-state index in [4.69, 9.17) is 16.3 Å². The van der Waals surface area contributed by atoms with Crippen LogP contribution < -0.4 is 0 Å². The normalized spacial score (nSPS) is 13.4. The number of methoxy groups -OCH3 is 1. The van der Waals surface area contributed by atoms with Crippen LogP contribution in [0.1, 0.15) is 94.1 Å². The first-order chi connectivity index (χ1) is 13.6. The van der Waals surface area contributed by atoms with Crippen LogP contribution in [0, 0.1) is 0 Å². The number of carbonyl (C=O) groups is 1. The minimum atomic E-state index is -0.771. The van der Waals surface area contributed by atoms with Crippen LogP contribution in [0.4, 0.5) is 0 Å². The number of hydrogen-bond donors (Lipinski definition) is 0. The molecule has 0 aliphatic heterocycles. The van der Waals surface area contributed by atoms with Gasteiger partial charge in [-0.1, -0.05) is 102 Å². The molecule has 0 heterocycles. The summed E-state index contributed by atoms with van der Waals surface area (Å²) in [5.41, 5.74) is 2.09. The van der Waals surface area contributed by atoms with E-state index < -0.39 is 11.3 Å². The lowest BCUT2D eigenvalue weighted by Crippen LogP contribution is -2.12. The fraction of sp³-hybridized carbons (Fsp3) is 0.560. The fourth-order valence-corrected chi connectivity index (χ4v) is 4.32. The molecule has 2 unspecified atom stereocenters. The van der Waals surface area contributed by atoms with Crippen LogP contribution in [0.5, 0.6) is 0 Å². The molecule has 0 radical (unpaired) electrons. The molecule has 154 valence electrons. The van der Waals surface area contributed by atoms with E-state index in [0.29, 0.717) is 5.92 Å². The minimum Gasteiger partial charge on any atom is -0.468 e. The summed E-state index contributed by atoms with van der Waals surface area (Å²) in [6.07, 6.45) is 11.7. The third kappa shape index (κ3) is 6.24. The van der Waals surface area contributed by atoms with E-state index in [1.54, 1.807) is 0 Å². The Balaban J connectivity index is 2.05. The molecule has 2 aromatic rings. The molecular formula is C25H35ClO2. The van der Waals surface area contributed by atoms with Gasteiger partial charge in [0.2, 0.25) is 0 Å². The van der Waals surface area contributed by atoms with Gasteiger partial charge in [-0.15, -0.1) is 11.6 Å². The molecule has 0 aromatic heterocycles. The first-order valence-corrected chi connectivity index (χ1v) is 11.3. The van der Waals surface area contributed by atoms with E-state index in [9.17, 15) is 4.79 Å². The van der Waals surface area contributed by atoms with Gasteiger partial charge in [-0.2, -0.15) is 0 Å². The molecule has 0 aliphatic carbocycles. The van der Waals surface area contributed by atoms with Crippen LogP contribution in [-0.4, -0.2) is 13.1 Å². The summed E-state index contributed by atoms with van der Waals surface area (Å²) in [4.78, 5) is 12.2.